The fourth-order valence-electron chi connectivity index (χ4n) is 6.65. The summed E-state index contributed by atoms with van der Waals surface area (Å²) < 4.78 is 13.5. The minimum Gasteiger partial charge on any atom is -0.391 e. The Bertz CT molecular complexity index is 1840. The van der Waals surface area contributed by atoms with Crippen LogP contribution in [0.1, 0.15) is 48.2 Å². The zero-order chi connectivity index (χ0) is 35.5. The number of amides is 2. The van der Waals surface area contributed by atoms with Crippen molar-refractivity contribution in [2.75, 3.05) is 6.54 Å². The molecule has 10 heteroatoms. The first kappa shape index (κ1) is 35.5. The monoisotopic (exact) mass is 708 g/mol. The van der Waals surface area contributed by atoms with Crippen molar-refractivity contribution in [2.45, 2.75) is 61.4 Å². The number of nitrogens with zero attached hydrogens (tertiary/aromatic N) is 2. The van der Waals surface area contributed by atoms with Crippen LogP contribution in [0.5, 0.6) is 0 Å². The van der Waals surface area contributed by atoms with Gasteiger partial charge in [0.25, 0.3) is 0 Å². The molecule has 0 bridgehead atoms. The van der Waals surface area contributed by atoms with Gasteiger partial charge in [0, 0.05) is 29.8 Å². The molecule has 0 aliphatic carbocycles. The van der Waals surface area contributed by atoms with Crippen LogP contribution >= 0.6 is 23.1 Å². The van der Waals surface area contributed by atoms with Crippen LogP contribution in [-0.2, 0) is 20.9 Å². The highest BCUT2D eigenvalue weighted by Gasteiger charge is 2.49. The second-order valence-corrected chi connectivity index (χ2v) is 15.9. The zero-order valence-electron chi connectivity index (χ0n) is 28.3. The number of hydrogen-bond donors (Lipinski definition) is 3. The van der Waals surface area contributed by atoms with E-state index in [1.54, 1.807) is 29.4 Å². The average Bonchev–Trinajstić information content (AvgIpc) is 3.75. The highest BCUT2D eigenvalue weighted by molar-refractivity contribution is 8.02. The van der Waals surface area contributed by atoms with Crippen molar-refractivity contribution >= 4 is 34.9 Å². The van der Waals surface area contributed by atoms with Gasteiger partial charge in [-0.1, -0.05) is 103 Å². The molecule has 2 heterocycles. The molecule has 1 aromatic heterocycles. The number of hydrogen-bond acceptors (Lipinski definition) is 7. The largest absolute Gasteiger partial charge is 0.391 e. The van der Waals surface area contributed by atoms with Gasteiger partial charge in [0.2, 0.25) is 11.8 Å². The molecule has 258 valence electrons. The highest BCUT2D eigenvalue weighted by atomic mass is 32.2. The molecular weight excluding hydrogens is 668 g/mol. The fraction of sp³-hybridized carbons (Fsp3) is 0.275. The molecule has 4 aromatic carbocycles. The SMILES string of the molecule is Cc1ncsc1-c1ccc(CNC(=O)[C@@H]2C[C@@H](O)CN2C(=O)[C@@H](N)C(C)(C)SC(c2ccccc2)(c2ccccc2)c2ccccc2)c(F)c1. The highest BCUT2D eigenvalue weighted by Crippen LogP contribution is 2.54. The minimum absolute atomic E-state index is 0.0240. The smallest absolute Gasteiger partial charge is 0.243 e. The lowest BCUT2D eigenvalue weighted by molar-refractivity contribution is -0.140. The summed E-state index contributed by atoms with van der Waals surface area (Å²) in [5.74, 6) is -1.35. The molecular formula is C40H41FN4O3S2. The van der Waals surface area contributed by atoms with E-state index in [1.165, 1.54) is 22.3 Å². The number of carbonyl (C=O) groups is 2. The molecule has 1 fully saturated rings. The standard InChI is InChI=1S/C40H41FN4O3S2/c1-26-35(49-25-44-26)27-19-20-28(33(41)21-27)23-43-37(47)34-22-32(46)24-45(34)38(48)36(42)39(2,3)50-40(29-13-7-4-8-14-29,30-15-9-5-10-16-30)31-17-11-6-12-18-31/h4-21,25,32,34,36,46H,22-24,42H2,1-3H3,(H,43,47)/t32-,34+,36-/m1/s1. The Morgan fingerprint density at radius 3 is 2.04 bits per heavy atom. The second-order valence-electron chi connectivity index (χ2n) is 13.1. The maximum Gasteiger partial charge on any atom is 0.243 e. The maximum absolute atomic E-state index is 15.1. The molecule has 4 N–H and O–H groups in total. The fourth-order valence-corrected chi connectivity index (χ4v) is 9.23. The first-order valence-corrected chi connectivity index (χ1v) is 18.3. The van der Waals surface area contributed by atoms with Gasteiger partial charge in [0.15, 0.2) is 0 Å². The number of aliphatic hydroxyl groups is 1. The summed E-state index contributed by atoms with van der Waals surface area (Å²) in [5, 5.41) is 13.5. The van der Waals surface area contributed by atoms with Crippen LogP contribution in [0.4, 0.5) is 4.39 Å². The minimum atomic E-state index is -1.04. The van der Waals surface area contributed by atoms with Gasteiger partial charge in [-0.15, -0.1) is 23.1 Å². The number of thioether (sulfide) groups is 1. The molecule has 7 nitrogen and oxygen atoms in total. The van der Waals surface area contributed by atoms with Crippen LogP contribution < -0.4 is 11.1 Å². The number of aliphatic hydroxyl groups excluding tert-OH is 1. The zero-order valence-corrected chi connectivity index (χ0v) is 29.9. The number of nitrogens with two attached hydrogens (primary N) is 1. The molecule has 0 radical (unpaired) electrons. The van der Waals surface area contributed by atoms with Gasteiger partial charge in [-0.3, -0.25) is 9.59 Å². The van der Waals surface area contributed by atoms with Crippen molar-refractivity contribution in [1.82, 2.24) is 15.2 Å². The third-order valence-electron chi connectivity index (χ3n) is 9.35. The second kappa shape index (κ2) is 14.9. The predicted molar refractivity (Wildman–Crippen MR) is 199 cm³/mol. The van der Waals surface area contributed by atoms with E-state index in [0.717, 1.165) is 32.8 Å². The number of halogens is 1. The molecule has 50 heavy (non-hydrogen) atoms. The number of carbonyl (C=O) groups excluding carboxylic acids is 2. The number of likely N-dealkylation sites (tertiary alicyclic amines) is 1. The van der Waals surface area contributed by atoms with Gasteiger partial charge in [0.1, 0.15) is 11.9 Å². The van der Waals surface area contributed by atoms with Crippen LogP contribution in [0.25, 0.3) is 10.4 Å². The van der Waals surface area contributed by atoms with Crippen LogP contribution in [0.3, 0.4) is 0 Å². The van der Waals surface area contributed by atoms with E-state index in [1.807, 2.05) is 75.4 Å². The number of β-amino-alcohol motifs (C(OH)–C–C–N with tert-alkyl or cyclic N) is 1. The Kier molecular flexibility index (Phi) is 10.5. The Hall–Kier alpha value is -4.35. The average molecular weight is 709 g/mol. The van der Waals surface area contributed by atoms with Crippen molar-refractivity contribution in [2.24, 2.45) is 5.73 Å². The molecule has 5 aromatic rings. The molecule has 1 aliphatic rings. The summed E-state index contributed by atoms with van der Waals surface area (Å²) in [6, 6.07) is 33.4. The predicted octanol–water partition coefficient (Wildman–Crippen LogP) is 6.67. The molecule has 3 atom stereocenters. The van der Waals surface area contributed by atoms with Gasteiger partial charge >= 0.3 is 0 Å². The van der Waals surface area contributed by atoms with Crippen molar-refractivity contribution in [3.05, 3.63) is 148 Å². The summed E-state index contributed by atoms with van der Waals surface area (Å²) in [5.41, 5.74) is 13.6. The van der Waals surface area contributed by atoms with Gasteiger partial charge in [-0.25, -0.2) is 9.37 Å². The quantitative estimate of drug-likeness (QED) is 0.132. The van der Waals surface area contributed by atoms with Crippen molar-refractivity contribution in [3.8, 4) is 10.4 Å². The maximum atomic E-state index is 15.1. The Labute approximate surface area is 300 Å². The number of aromatic nitrogens is 1. The summed E-state index contributed by atoms with van der Waals surface area (Å²) >= 11 is 3.03. The Balaban J connectivity index is 1.24. The summed E-state index contributed by atoms with van der Waals surface area (Å²) in [4.78, 5) is 34.3. The molecule has 0 saturated carbocycles. The van der Waals surface area contributed by atoms with Crippen LogP contribution in [0, 0.1) is 12.7 Å². The number of rotatable bonds is 11. The Morgan fingerprint density at radius 2 is 1.54 bits per heavy atom. The first-order valence-electron chi connectivity index (χ1n) is 16.6. The molecule has 2 amide bonds. The van der Waals surface area contributed by atoms with Gasteiger partial charge in [-0.2, -0.15) is 0 Å². The summed E-state index contributed by atoms with van der Waals surface area (Å²) in [6.07, 6.45) is -0.834. The first-order chi connectivity index (χ1) is 24.0. The van der Waals surface area contributed by atoms with Crippen molar-refractivity contribution in [1.29, 1.82) is 0 Å². The molecule has 0 spiro atoms. The van der Waals surface area contributed by atoms with Crippen LogP contribution in [0.2, 0.25) is 0 Å². The van der Waals surface area contributed by atoms with Gasteiger partial charge in [0.05, 0.1) is 33.0 Å². The normalized spacial score (nSPS) is 17.0. The summed E-state index contributed by atoms with van der Waals surface area (Å²) in [6.45, 7) is 5.68. The van der Waals surface area contributed by atoms with E-state index in [0.29, 0.717) is 5.56 Å². The van der Waals surface area contributed by atoms with Crippen molar-refractivity contribution in [3.63, 3.8) is 0 Å². The number of nitrogens with one attached hydrogen (secondary N) is 1. The van der Waals surface area contributed by atoms with Crippen LogP contribution in [-0.4, -0.2) is 56.3 Å². The van der Waals surface area contributed by atoms with Crippen LogP contribution in [0.15, 0.2) is 115 Å². The third kappa shape index (κ3) is 7.11. The molecule has 6 rings (SSSR count). The van der Waals surface area contributed by atoms with E-state index in [-0.39, 0.29) is 19.5 Å². The number of aryl methyl sites for hydroxylation is 1. The number of benzene rings is 4. The topological polar surface area (TPSA) is 109 Å². The van der Waals surface area contributed by atoms with E-state index in [9.17, 15) is 14.7 Å². The van der Waals surface area contributed by atoms with Gasteiger partial charge in [-0.05, 0) is 49.1 Å². The van der Waals surface area contributed by atoms with E-state index < -0.39 is 45.3 Å². The molecule has 1 aliphatic heterocycles. The van der Waals surface area contributed by atoms with E-state index in [2.05, 4.69) is 46.7 Å². The molecule has 1 saturated heterocycles. The van der Waals surface area contributed by atoms with E-state index >= 15 is 4.39 Å². The van der Waals surface area contributed by atoms with E-state index in [4.69, 9.17) is 5.73 Å². The third-order valence-corrected chi connectivity index (χ3v) is 12.1. The lowest BCUT2D eigenvalue weighted by atomic mass is 9.84. The summed E-state index contributed by atoms with van der Waals surface area (Å²) in [7, 11) is 0. The lowest BCUT2D eigenvalue weighted by Crippen LogP contribution is -2.57. The molecule has 0 unspecified atom stereocenters. The Morgan fingerprint density at radius 1 is 0.980 bits per heavy atom. The van der Waals surface area contributed by atoms with Crippen molar-refractivity contribution < 1.29 is 19.1 Å². The lowest BCUT2D eigenvalue weighted by Gasteiger charge is -2.44. The number of thiazole rings is 1. The van der Waals surface area contributed by atoms with Gasteiger partial charge < -0.3 is 21.1 Å².